The van der Waals surface area contributed by atoms with E-state index in [4.69, 9.17) is 0 Å². The predicted octanol–water partition coefficient (Wildman–Crippen LogP) is 1.65. The van der Waals surface area contributed by atoms with Crippen LogP contribution in [0.2, 0.25) is 0 Å². The summed E-state index contributed by atoms with van der Waals surface area (Å²) in [6.07, 6.45) is 3.18. The van der Waals surface area contributed by atoms with Gasteiger partial charge in [-0.05, 0) is 11.8 Å². The molecular formula is C14H24N4O. The van der Waals surface area contributed by atoms with Crippen LogP contribution in [0.5, 0.6) is 0 Å². The van der Waals surface area contributed by atoms with Crippen molar-refractivity contribution in [1.29, 1.82) is 0 Å². The first-order valence-corrected chi connectivity index (χ1v) is 7.08. The van der Waals surface area contributed by atoms with E-state index in [9.17, 15) is 4.79 Å². The van der Waals surface area contributed by atoms with Crippen LogP contribution in [0.1, 0.15) is 44.9 Å². The zero-order valence-electron chi connectivity index (χ0n) is 12.1. The number of hydrogen-bond donors (Lipinski definition) is 3. The van der Waals surface area contributed by atoms with Gasteiger partial charge in [-0.3, -0.25) is 0 Å². The summed E-state index contributed by atoms with van der Waals surface area (Å²) in [5, 5.41) is 6.69. The Hall–Kier alpha value is -1.36. The first-order chi connectivity index (χ1) is 9.02. The number of fused-ring (bicyclic) bond motifs is 1. The van der Waals surface area contributed by atoms with Crippen molar-refractivity contribution >= 4 is 5.82 Å². The molecule has 0 saturated heterocycles. The molecule has 19 heavy (non-hydrogen) atoms. The summed E-state index contributed by atoms with van der Waals surface area (Å²) in [5.74, 6) is 0.745. The fraction of sp³-hybridized carbons (Fsp3) is 0.714. The number of aromatic amines is 1. The smallest absolute Gasteiger partial charge is 0.347 e. The minimum absolute atomic E-state index is 0.216. The van der Waals surface area contributed by atoms with Crippen molar-refractivity contribution in [1.82, 2.24) is 15.3 Å². The van der Waals surface area contributed by atoms with Crippen molar-refractivity contribution < 1.29 is 0 Å². The molecule has 3 N–H and O–H groups in total. The molecule has 1 aromatic heterocycles. The second kappa shape index (κ2) is 5.74. The molecule has 0 amide bonds. The lowest BCUT2D eigenvalue weighted by atomic mass is 9.88. The summed E-state index contributed by atoms with van der Waals surface area (Å²) in [7, 11) is 0. The van der Waals surface area contributed by atoms with Gasteiger partial charge in [0.15, 0.2) is 0 Å². The number of hydrogen-bond acceptors (Lipinski definition) is 4. The Kier molecular flexibility index (Phi) is 4.24. The lowest BCUT2D eigenvalue weighted by Crippen LogP contribution is -2.31. The van der Waals surface area contributed by atoms with E-state index in [1.165, 1.54) is 0 Å². The molecule has 1 aliphatic rings. The van der Waals surface area contributed by atoms with Gasteiger partial charge in [-0.25, -0.2) is 4.79 Å². The highest BCUT2D eigenvalue weighted by atomic mass is 16.1. The summed E-state index contributed by atoms with van der Waals surface area (Å²) in [5.41, 5.74) is 2.10. The molecule has 0 radical (unpaired) electrons. The van der Waals surface area contributed by atoms with Gasteiger partial charge in [0.2, 0.25) is 0 Å². The van der Waals surface area contributed by atoms with Crippen LogP contribution in [0.3, 0.4) is 0 Å². The maximum absolute atomic E-state index is 11.6. The average molecular weight is 264 g/mol. The number of anilines is 1. The highest BCUT2D eigenvalue weighted by Gasteiger charge is 2.20. The Bertz CT molecular complexity index is 493. The van der Waals surface area contributed by atoms with Crippen LogP contribution in [-0.2, 0) is 13.0 Å². The van der Waals surface area contributed by atoms with E-state index in [-0.39, 0.29) is 11.1 Å². The van der Waals surface area contributed by atoms with Crippen LogP contribution >= 0.6 is 0 Å². The summed E-state index contributed by atoms with van der Waals surface area (Å²) < 4.78 is 0. The van der Waals surface area contributed by atoms with Gasteiger partial charge in [0.25, 0.3) is 0 Å². The molecule has 0 saturated carbocycles. The standard InChI is InChI=1S/C14H24N4O/c1-4-6-14(2,3)9-16-12-10-8-15-7-5-11(10)17-13(19)18-12/h15H,4-9H2,1-3H3,(H2,16,17,18,19). The molecule has 2 heterocycles. The Labute approximate surface area is 114 Å². The molecule has 0 spiro atoms. The van der Waals surface area contributed by atoms with Crippen molar-refractivity contribution in [2.45, 2.75) is 46.6 Å². The fourth-order valence-electron chi connectivity index (χ4n) is 2.61. The second-order valence-electron chi connectivity index (χ2n) is 6.04. The van der Waals surface area contributed by atoms with Crippen LogP contribution in [0.15, 0.2) is 4.79 Å². The van der Waals surface area contributed by atoms with Gasteiger partial charge in [-0.15, -0.1) is 0 Å². The zero-order valence-corrected chi connectivity index (χ0v) is 12.1. The summed E-state index contributed by atoms with van der Waals surface area (Å²) in [6.45, 7) is 9.19. The monoisotopic (exact) mass is 264 g/mol. The Morgan fingerprint density at radius 3 is 2.95 bits per heavy atom. The van der Waals surface area contributed by atoms with Gasteiger partial charge in [-0.2, -0.15) is 4.98 Å². The van der Waals surface area contributed by atoms with E-state index in [1.54, 1.807) is 0 Å². The second-order valence-corrected chi connectivity index (χ2v) is 6.04. The summed E-state index contributed by atoms with van der Waals surface area (Å²) >= 11 is 0. The van der Waals surface area contributed by atoms with Gasteiger partial charge in [0.1, 0.15) is 5.82 Å². The quantitative estimate of drug-likeness (QED) is 0.756. The Balaban J connectivity index is 2.16. The maximum Gasteiger partial charge on any atom is 0.347 e. The molecule has 106 valence electrons. The molecule has 0 unspecified atom stereocenters. The van der Waals surface area contributed by atoms with Crippen molar-refractivity contribution in [3.05, 3.63) is 21.7 Å². The topological polar surface area (TPSA) is 69.8 Å². The molecule has 0 bridgehead atoms. The molecule has 0 atom stereocenters. The van der Waals surface area contributed by atoms with E-state index >= 15 is 0 Å². The van der Waals surface area contributed by atoms with E-state index in [0.29, 0.717) is 0 Å². The number of nitrogens with zero attached hydrogens (tertiary/aromatic N) is 1. The molecule has 5 nitrogen and oxygen atoms in total. The number of rotatable bonds is 5. The molecule has 0 aliphatic carbocycles. The third kappa shape index (κ3) is 3.56. The van der Waals surface area contributed by atoms with Gasteiger partial charge >= 0.3 is 5.69 Å². The number of H-pyrrole nitrogens is 1. The van der Waals surface area contributed by atoms with Crippen LogP contribution in [-0.4, -0.2) is 23.1 Å². The van der Waals surface area contributed by atoms with Gasteiger partial charge < -0.3 is 15.6 Å². The molecule has 5 heteroatoms. The van der Waals surface area contributed by atoms with Crippen LogP contribution < -0.4 is 16.3 Å². The first kappa shape index (κ1) is 14.1. The number of aromatic nitrogens is 2. The predicted molar refractivity (Wildman–Crippen MR) is 77.4 cm³/mol. The van der Waals surface area contributed by atoms with Crippen molar-refractivity contribution in [2.75, 3.05) is 18.4 Å². The Morgan fingerprint density at radius 2 is 2.21 bits per heavy atom. The molecule has 0 fully saturated rings. The van der Waals surface area contributed by atoms with Crippen molar-refractivity contribution in [3.8, 4) is 0 Å². The average Bonchev–Trinajstić information content (AvgIpc) is 2.36. The van der Waals surface area contributed by atoms with E-state index in [2.05, 4.69) is 41.4 Å². The molecule has 0 aromatic carbocycles. The fourth-order valence-corrected chi connectivity index (χ4v) is 2.61. The lowest BCUT2D eigenvalue weighted by Gasteiger charge is -2.26. The van der Waals surface area contributed by atoms with Crippen molar-refractivity contribution in [2.24, 2.45) is 5.41 Å². The van der Waals surface area contributed by atoms with Crippen LogP contribution in [0, 0.1) is 5.41 Å². The van der Waals surface area contributed by atoms with Crippen LogP contribution in [0.25, 0.3) is 0 Å². The minimum atomic E-state index is -0.253. The highest BCUT2D eigenvalue weighted by Crippen LogP contribution is 2.24. The Morgan fingerprint density at radius 1 is 1.42 bits per heavy atom. The highest BCUT2D eigenvalue weighted by molar-refractivity contribution is 5.47. The largest absolute Gasteiger partial charge is 0.369 e. The summed E-state index contributed by atoms with van der Waals surface area (Å²) in [4.78, 5) is 18.5. The van der Waals surface area contributed by atoms with Gasteiger partial charge in [-0.1, -0.05) is 27.2 Å². The molecule has 2 rings (SSSR count). The minimum Gasteiger partial charge on any atom is -0.369 e. The van der Waals surface area contributed by atoms with E-state index in [1.807, 2.05) is 0 Å². The van der Waals surface area contributed by atoms with Crippen LogP contribution in [0.4, 0.5) is 5.82 Å². The molecular weight excluding hydrogens is 240 g/mol. The molecule has 1 aliphatic heterocycles. The third-order valence-electron chi connectivity index (χ3n) is 3.64. The summed E-state index contributed by atoms with van der Waals surface area (Å²) in [6, 6.07) is 0. The zero-order chi connectivity index (χ0) is 13.9. The third-order valence-corrected chi connectivity index (χ3v) is 3.64. The number of nitrogens with one attached hydrogen (secondary N) is 3. The normalized spacial score (nSPS) is 15.1. The van der Waals surface area contributed by atoms with Gasteiger partial charge in [0.05, 0.1) is 0 Å². The maximum atomic E-state index is 11.6. The lowest BCUT2D eigenvalue weighted by molar-refractivity contribution is 0.354. The van der Waals surface area contributed by atoms with Gasteiger partial charge in [0, 0.05) is 37.3 Å². The SMILES string of the molecule is CCCC(C)(C)CNc1nc(=O)[nH]c2c1CNCC2. The van der Waals surface area contributed by atoms with E-state index in [0.717, 1.165) is 56.0 Å². The van der Waals surface area contributed by atoms with E-state index < -0.39 is 0 Å². The molecule has 1 aromatic rings. The van der Waals surface area contributed by atoms with Crippen molar-refractivity contribution in [3.63, 3.8) is 0 Å². The first-order valence-electron chi connectivity index (χ1n) is 7.08.